The van der Waals surface area contributed by atoms with Crippen LogP contribution in [0.15, 0.2) is 6.33 Å². The van der Waals surface area contributed by atoms with Gasteiger partial charge in [-0.05, 0) is 35.8 Å². The van der Waals surface area contributed by atoms with Crippen molar-refractivity contribution in [1.82, 2.24) is 15.0 Å². The maximum Gasteiger partial charge on any atom is 0.150 e. The molecule has 0 unspecified atom stereocenters. The van der Waals surface area contributed by atoms with Crippen LogP contribution in [0.5, 0.6) is 0 Å². The first-order valence-corrected chi connectivity index (χ1v) is 11.5. The average Bonchev–Trinajstić information content (AvgIpc) is 3.01. The summed E-state index contributed by atoms with van der Waals surface area (Å²) in [5, 5.41) is 1.75. The van der Waals surface area contributed by atoms with E-state index in [0.29, 0.717) is 10.6 Å². The van der Waals surface area contributed by atoms with E-state index >= 15 is 0 Å². The molecule has 1 saturated heterocycles. The lowest BCUT2D eigenvalue weighted by Gasteiger charge is -2.36. The van der Waals surface area contributed by atoms with Crippen LogP contribution in [-0.2, 0) is 12.8 Å². The number of aromatic nitrogens is 3. The molecule has 7 heteroatoms. The van der Waals surface area contributed by atoms with Crippen molar-refractivity contribution < 1.29 is 0 Å². The van der Waals surface area contributed by atoms with E-state index in [9.17, 15) is 0 Å². The standard InChI is InChI=1S/C19H21ClN4S2/c1-19(2)4-3-11-12(9-19)13-14-15(16(20)22-10-21-14)26-18(13)23-17(11)24-5-7-25-8-6-24/h10H,3-9H2,1-2H3. The first kappa shape index (κ1) is 17.0. The Labute approximate surface area is 166 Å². The minimum atomic E-state index is 0.307. The van der Waals surface area contributed by atoms with Gasteiger partial charge in [0, 0.05) is 30.0 Å². The molecule has 0 saturated carbocycles. The minimum absolute atomic E-state index is 0.307. The van der Waals surface area contributed by atoms with Crippen LogP contribution in [0.2, 0.25) is 5.15 Å². The number of halogens is 1. The number of nitrogens with zero attached hydrogens (tertiary/aromatic N) is 4. The number of rotatable bonds is 1. The molecule has 1 aliphatic carbocycles. The van der Waals surface area contributed by atoms with Gasteiger partial charge in [-0.25, -0.2) is 15.0 Å². The van der Waals surface area contributed by atoms with Crippen LogP contribution in [0.3, 0.4) is 0 Å². The zero-order valence-electron chi connectivity index (χ0n) is 15.0. The van der Waals surface area contributed by atoms with E-state index in [1.54, 1.807) is 17.7 Å². The summed E-state index contributed by atoms with van der Waals surface area (Å²) in [6.45, 7) is 6.92. The number of pyridine rings is 1. The first-order valence-electron chi connectivity index (χ1n) is 9.11. The molecule has 0 radical (unpaired) electrons. The lowest BCUT2D eigenvalue weighted by Crippen LogP contribution is -2.35. The van der Waals surface area contributed by atoms with Gasteiger partial charge in [-0.1, -0.05) is 25.4 Å². The fourth-order valence-electron chi connectivity index (χ4n) is 4.19. The van der Waals surface area contributed by atoms with Gasteiger partial charge in [-0.3, -0.25) is 0 Å². The fourth-order valence-corrected chi connectivity index (χ4v) is 6.38. The van der Waals surface area contributed by atoms with E-state index in [4.69, 9.17) is 16.6 Å². The van der Waals surface area contributed by atoms with Crippen LogP contribution >= 0.6 is 34.7 Å². The summed E-state index contributed by atoms with van der Waals surface area (Å²) in [6.07, 6.45) is 4.96. The smallest absolute Gasteiger partial charge is 0.150 e. The highest BCUT2D eigenvalue weighted by Gasteiger charge is 2.32. The van der Waals surface area contributed by atoms with Crippen LogP contribution in [0.1, 0.15) is 31.4 Å². The topological polar surface area (TPSA) is 41.9 Å². The average molecular weight is 405 g/mol. The Balaban J connectivity index is 1.82. The third-order valence-electron chi connectivity index (χ3n) is 5.57. The van der Waals surface area contributed by atoms with Gasteiger partial charge in [0.1, 0.15) is 22.1 Å². The van der Waals surface area contributed by atoms with Crippen LogP contribution in [0, 0.1) is 5.41 Å². The first-order chi connectivity index (χ1) is 12.5. The maximum atomic E-state index is 6.37. The summed E-state index contributed by atoms with van der Waals surface area (Å²) in [6, 6.07) is 0. The molecular formula is C19H21ClN4S2. The van der Waals surface area contributed by atoms with Crippen molar-refractivity contribution >= 4 is 61.0 Å². The zero-order valence-corrected chi connectivity index (χ0v) is 17.4. The molecule has 0 atom stereocenters. The van der Waals surface area contributed by atoms with Crippen molar-refractivity contribution in [3.63, 3.8) is 0 Å². The third kappa shape index (κ3) is 2.69. The molecule has 1 aliphatic heterocycles. The van der Waals surface area contributed by atoms with E-state index in [1.165, 1.54) is 40.3 Å². The van der Waals surface area contributed by atoms with Crippen molar-refractivity contribution in [2.75, 3.05) is 29.5 Å². The number of hydrogen-bond donors (Lipinski definition) is 0. The van der Waals surface area contributed by atoms with E-state index in [0.717, 1.165) is 41.0 Å². The SMILES string of the molecule is CC1(C)CCc2c(N3CCSCC3)nc3sc4c(Cl)ncnc4c3c2C1. The predicted octanol–water partition coefficient (Wildman–Crippen LogP) is 4.96. The van der Waals surface area contributed by atoms with Gasteiger partial charge in [-0.2, -0.15) is 11.8 Å². The molecule has 4 nitrogen and oxygen atoms in total. The normalized spacial score (nSPS) is 19.9. The Hall–Kier alpha value is -1.11. The molecule has 3 aromatic heterocycles. The quantitative estimate of drug-likeness (QED) is 0.536. The van der Waals surface area contributed by atoms with Crippen LogP contribution in [0.25, 0.3) is 20.4 Å². The summed E-state index contributed by atoms with van der Waals surface area (Å²) >= 11 is 10.1. The van der Waals surface area contributed by atoms with Gasteiger partial charge in [0.2, 0.25) is 0 Å². The Morgan fingerprint density at radius 3 is 2.77 bits per heavy atom. The molecule has 0 aromatic carbocycles. The van der Waals surface area contributed by atoms with Gasteiger partial charge < -0.3 is 4.90 Å². The highest BCUT2D eigenvalue weighted by molar-refractivity contribution is 7.99. The molecule has 5 rings (SSSR count). The number of hydrogen-bond acceptors (Lipinski definition) is 6. The van der Waals surface area contributed by atoms with Crippen LogP contribution in [0.4, 0.5) is 5.82 Å². The van der Waals surface area contributed by atoms with Crippen LogP contribution < -0.4 is 4.90 Å². The van der Waals surface area contributed by atoms with Gasteiger partial charge in [0.15, 0.2) is 0 Å². The Morgan fingerprint density at radius 1 is 1.15 bits per heavy atom. The highest BCUT2D eigenvalue weighted by Crippen LogP contribution is 2.46. The summed E-state index contributed by atoms with van der Waals surface area (Å²) in [5.74, 6) is 3.58. The Bertz CT molecular complexity index is 1010. The summed E-state index contributed by atoms with van der Waals surface area (Å²) in [7, 11) is 0. The molecule has 26 heavy (non-hydrogen) atoms. The summed E-state index contributed by atoms with van der Waals surface area (Å²) in [4.78, 5) is 17.5. The second kappa shape index (κ2) is 6.21. The van der Waals surface area contributed by atoms with E-state index in [2.05, 4.69) is 28.7 Å². The van der Waals surface area contributed by atoms with Gasteiger partial charge in [0.05, 0.1) is 10.2 Å². The highest BCUT2D eigenvalue weighted by atomic mass is 35.5. The lowest BCUT2D eigenvalue weighted by atomic mass is 9.73. The molecule has 1 fully saturated rings. The number of thioether (sulfide) groups is 1. The molecular weight excluding hydrogens is 384 g/mol. The number of thiophene rings is 1. The van der Waals surface area contributed by atoms with Gasteiger partial charge in [-0.15, -0.1) is 11.3 Å². The van der Waals surface area contributed by atoms with Crippen LogP contribution in [-0.4, -0.2) is 39.5 Å². The molecule has 0 bridgehead atoms. The maximum absolute atomic E-state index is 6.37. The molecule has 0 spiro atoms. The summed E-state index contributed by atoms with van der Waals surface area (Å²) < 4.78 is 0.966. The Kier molecular flexibility index (Phi) is 4.07. The predicted molar refractivity (Wildman–Crippen MR) is 113 cm³/mol. The molecule has 0 N–H and O–H groups in total. The van der Waals surface area contributed by atoms with Gasteiger partial charge >= 0.3 is 0 Å². The molecule has 0 amide bonds. The monoisotopic (exact) mass is 404 g/mol. The van der Waals surface area contributed by atoms with Crippen molar-refractivity contribution in [3.05, 3.63) is 22.6 Å². The minimum Gasteiger partial charge on any atom is -0.355 e. The van der Waals surface area contributed by atoms with E-state index < -0.39 is 0 Å². The van der Waals surface area contributed by atoms with E-state index in [1.807, 2.05) is 11.8 Å². The molecule has 3 aromatic rings. The zero-order chi connectivity index (χ0) is 17.9. The van der Waals surface area contributed by atoms with Crippen molar-refractivity contribution in [1.29, 1.82) is 0 Å². The number of fused-ring (bicyclic) bond motifs is 5. The molecule has 4 heterocycles. The van der Waals surface area contributed by atoms with Crippen molar-refractivity contribution in [2.45, 2.75) is 33.1 Å². The van der Waals surface area contributed by atoms with Crippen molar-refractivity contribution in [2.24, 2.45) is 5.41 Å². The van der Waals surface area contributed by atoms with E-state index in [-0.39, 0.29) is 0 Å². The third-order valence-corrected chi connectivity index (χ3v) is 7.99. The second-order valence-electron chi connectivity index (χ2n) is 7.96. The second-order valence-corrected chi connectivity index (χ2v) is 10.5. The number of anilines is 1. The van der Waals surface area contributed by atoms with Gasteiger partial charge in [0.25, 0.3) is 0 Å². The van der Waals surface area contributed by atoms with Crippen molar-refractivity contribution in [3.8, 4) is 0 Å². The largest absolute Gasteiger partial charge is 0.355 e. The molecule has 136 valence electrons. The fraction of sp³-hybridized carbons (Fsp3) is 0.526. The summed E-state index contributed by atoms with van der Waals surface area (Å²) in [5.41, 5.74) is 4.17. The lowest BCUT2D eigenvalue weighted by molar-refractivity contribution is 0.316. The Morgan fingerprint density at radius 2 is 1.96 bits per heavy atom. The molecule has 2 aliphatic rings.